The van der Waals surface area contributed by atoms with E-state index in [1.54, 1.807) is 0 Å². The molecule has 1 atom stereocenters. The molecule has 0 aromatic heterocycles. The van der Waals surface area contributed by atoms with Gasteiger partial charge in [0.05, 0.1) is 19.3 Å². The Balaban J connectivity index is 1.62. The molecule has 1 unspecified atom stereocenters. The molecule has 26 heavy (non-hydrogen) atoms. The van der Waals surface area contributed by atoms with Crippen LogP contribution in [0.1, 0.15) is 17.5 Å². The summed E-state index contributed by atoms with van der Waals surface area (Å²) in [7, 11) is 0. The Hall–Kier alpha value is -1.34. The van der Waals surface area contributed by atoms with Gasteiger partial charge in [-0.05, 0) is 43.5 Å². The number of nitrogens with zero attached hydrogens (tertiary/aromatic N) is 2. The van der Waals surface area contributed by atoms with Crippen molar-refractivity contribution in [3.05, 3.63) is 28.3 Å². The number of anilines is 1. The van der Waals surface area contributed by atoms with Crippen molar-refractivity contribution in [2.45, 2.75) is 26.4 Å². The lowest BCUT2D eigenvalue weighted by Gasteiger charge is -2.31. The Morgan fingerprint density at radius 3 is 2.58 bits per heavy atom. The van der Waals surface area contributed by atoms with E-state index < -0.39 is 0 Å². The largest absolute Gasteiger partial charge is 0.379 e. The minimum Gasteiger partial charge on any atom is -0.379 e. The predicted molar refractivity (Wildman–Crippen MR) is 103 cm³/mol. The molecular formula is C19H28ClN3O3. The number of benzene rings is 1. The normalized spacial score (nSPS) is 22.1. The van der Waals surface area contributed by atoms with E-state index >= 15 is 0 Å². The number of morpholine rings is 1. The Labute approximate surface area is 160 Å². The maximum Gasteiger partial charge on any atom is 0.321 e. The quantitative estimate of drug-likeness (QED) is 0.874. The first-order chi connectivity index (χ1) is 12.5. The highest BCUT2D eigenvalue weighted by Gasteiger charge is 2.25. The lowest BCUT2D eigenvalue weighted by atomic mass is 10.1. The van der Waals surface area contributed by atoms with Gasteiger partial charge in [0.25, 0.3) is 0 Å². The fourth-order valence-electron chi connectivity index (χ4n) is 3.56. The van der Waals surface area contributed by atoms with Crippen LogP contribution < -0.4 is 5.32 Å². The number of urea groups is 1. The van der Waals surface area contributed by atoms with Gasteiger partial charge in [-0.1, -0.05) is 11.6 Å². The van der Waals surface area contributed by atoms with Crippen LogP contribution in [0.5, 0.6) is 0 Å². The summed E-state index contributed by atoms with van der Waals surface area (Å²) in [4.78, 5) is 17.1. The van der Waals surface area contributed by atoms with Crippen LogP contribution in [0.15, 0.2) is 12.1 Å². The van der Waals surface area contributed by atoms with Gasteiger partial charge < -0.3 is 19.7 Å². The molecule has 1 aromatic rings. The minimum atomic E-state index is -0.0731. The molecule has 144 valence electrons. The van der Waals surface area contributed by atoms with Crippen LogP contribution in [-0.2, 0) is 9.47 Å². The van der Waals surface area contributed by atoms with E-state index in [0.29, 0.717) is 24.7 Å². The molecule has 1 aromatic carbocycles. The zero-order chi connectivity index (χ0) is 18.5. The first kappa shape index (κ1) is 19.4. The predicted octanol–water partition coefficient (Wildman–Crippen LogP) is 2.91. The number of ether oxygens (including phenoxy) is 2. The number of nitrogens with one attached hydrogen (secondary N) is 1. The smallest absolute Gasteiger partial charge is 0.321 e. The van der Waals surface area contributed by atoms with Gasteiger partial charge >= 0.3 is 6.03 Å². The first-order valence-electron chi connectivity index (χ1n) is 9.27. The van der Waals surface area contributed by atoms with Gasteiger partial charge in [-0.3, -0.25) is 4.90 Å². The van der Waals surface area contributed by atoms with E-state index in [2.05, 4.69) is 10.2 Å². The maximum absolute atomic E-state index is 12.8. The number of carbonyl (C=O) groups excluding carboxylic acids is 1. The molecule has 2 aliphatic heterocycles. The second-order valence-electron chi connectivity index (χ2n) is 7.05. The molecule has 0 saturated carbocycles. The van der Waals surface area contributed by atoms with E-state index in [9.17, 15) is 4.79 Å². The fraction of sp³-hybridized carbons (Fsp3) is 0.632. The third-order valence-electron chi connectivity index (χ3n) is 4.93. The molecule has 2 amide bonds. The van der Waals surface area contributed by atoms with Gasteiger partial charge in [-0.15, -0.1) is 0 Å². The monoisotopic (exact) mass is 381 g/mol. The molecule has 2 aliphatic rings. The summed E-state index contributed by atoms with van der Waals surface area (Å²) in [5.74, 6) is 0. The number of hydrogen-bond donors (Lipinski definition) is 1. The second-order valence-corrected chi connectivity index (χ2v) is 7.49. The van der Waals surface area contributed by atoms with Crippen molar-refractivity contribution < 1.29 is 14.3 Å². The van der Waals surface area contributed by atoms with E-state index in [4.69, 9.17) is 21.1 Å². The van der Waals surface area contributed by atoms with Crippen molar-refractivity contribution in [3.8, 4) is 0 Å². The van der Waals surface area contributed by atoms with E-state index in [0.717, 1.165) is 56.1 Å². The molecule has 1 N–H and O–H groups in total. The molecular weight excluding hydrogens is 354 g/mol. The topological polar surface area (TPSA) is 54.0 Å². The zero-order valence-corrected chi connectivity index (χ0v) is 16.3. The highest BCUT2D eigenvalue weighted by atomic mass is 35.5. The third-order valence-corrected chi connectivity index (χ3v) is 5.15. The SMILES string of the molecule is Cc1cc(Cl)cc(C)c1NC(=O)N1CCCOC(CN2CCOCC2)C1. The molecule has 2 saturated heterocycles. The number of halogens is 1. The summed E-state index contributed by atoms with van der Waals surface area (Å²) in [6, 6.07) is 3.67. The fourth-order valence-corrected chi connectivity index (χ4v) is 3.88. The third kappa shape index (κ3) is 5.10. The first-order valence-corrected chi connectivity index (χ1v) is 9.65. The van der Waals surface area contributed by atoms with Crippen molar-refractivity contribution in [2.75, 3.05) is 57.9 Å². The summed E-state index contributed by atoms with van der Waals surface area (Å²) in [5.41, 5.74) is 2.79. The number of aryl methyl sites for hydroxylation is 2. The van der Waals surface area contributed by atoms with Crippen LogP contribution in [-0.4, -0.2) is 74.5 Å². The lowest BCUT2D eigenvalue weighted by Crippen LogP contribution is -2.46. The number of carbonyl (C=O) groups is 1. The van der Waals surface area contributed by atoms with Crippen molar-refractivity contribution in [1.82, 2.24) is 9.80 Å². The Kier molecular flexibility index (Phi) is 6.75. The van der Waals surface area contributed by atoms with E-state index in [-0.39, 0.29) is 12.1 Å². The van der Waals surface area contributed by atoms with Gasteiger partial charge in [-0.2, -0.15) is 0 Å². The van der Waals surface area contributed by atoms with Crippen molar-refractivity contribution in [3.63, 3.8) is 0 Å². The van der Waals surface area contributed by atoms with E-state index in [1.165, 1.54) is 0 Å². The van der Waals surface area contributed by atoms with Gasteiger partial charge in [0.2, 0.25) is 0 Å². The Bertz CT molecular complexity index is 611. The number of hydrogen-bond acceptors (Lipinski definition) is 4. The van der Waals surface area contributed by atoms with Crippen molar-refractivity contribution in [2.24, 2.45) is 0 Å². The van der Waals surface area contributed by atoms with Crippen molar-refractivity contribution >= 4 is 23.3 Å². The Morgan fingerprint density at radius 1 is 1.19 bits per heavy atom. The van der Waals surface area contributed by atoms with E-state index in [1.807, 2.05) is 30.9 Å². The molecule has 2 fully saturated rings. The summed E-state index contributed by atoms with van der Waals surface area (Å²) < 4.78 is 11.4. The summed E-state index contributed by atoms with van der Waals surface area (Å²) in [6.07, 6.45) is 0.889. The maximum atomic E-state index is 12.8. The van der Waals surface area contributed by atoms with Crippen LogP contribution in [0.25, 0.3) is 0 Å². The van der Waals surface area contributed by atoms with Gasteiger partial charge in [0, 0.05) is 50.0 Å². The molecule has 0 radical (unpaired) electrons. The molecule has 7 heteroatoms. The van der Waals surface area contributed by atoms with Gasteiger partial charge in [0.15, 0.2) is 0 Å². The summed E-state index contributed by atoms with van der Waals surface area (Å²) >= 11 is 6.09. The molecule has 0 spiro atoms. The standard InChI is InChI=1S/C19H28ClN3O3/c1-14-10-16(20)11-15(2)18(14)21-19(24)23-4-3-7-26-17(13-23)12-22-5-8-25-9-6-22/h10-11,17H,3-9,12-13H2,1-2H3,(H,21,24). The minimum absolute atomic E-state index is 0.0359. The zero-order valence-electron chi connectivity index (χ0n) is 15.6. The molecule has 0 bridgehead atoms. The summed E-state index contributed by atoms with van der Waals surface area (Å²) in [6.45, 7) is 10.2. The van der Waals surface area contributed by atoms with Crippen LogP contribution in [0.3, 0.4) is 0 Å². The van der Waals surface area contributed by atoms with Crippen LogP contribution in [0.2, 0.25) is 5.02 Å². The van der Waals surface area contributed by atoms with Crippen LogP contribution in [0.4, 0.5) is 10.5 Å². The van der Waals surface area contributed by atoms with Crippen LogP contribution >= 0.6 is 11.6 Å². The highest BCUT2D eigenvalue weighted by molar-refractivity contribution is 6.30. The van der Waals surface area contributed by atoms with Crippen molar-refractivity contribution in [1.29, 1.82) is 0 Å². The number of rotatable bonds is 3. The van der Waals surface area contributed by atoms with Gasteiger partial charge in [0.1, 0.15) is 0 Å². The highest BCUT2D eigenvalue weighted by Crippen LogP contribution is 2.25. The average molecular weight is 382 g/mol. The van der Waals surface area contributed by atoms with Gasteiger partial charge in [-0.25, -0.2) is 4.79 Å². The number of amides is 2. The molecule has 0 aliphatic carbocycles. The molecule has 6 nitrogen and oxygen atoms in total. The Morgan fingerprint density at radius 2 is 1.88 bits per heavy atom. The second kappa shape index (κ2) is 9.04. The molecule has 2 heterocycles. The average Bonchev–Trinajstić information content (AvgIpc) is 2.84. The van der Waals surface area contributed by atoms with Crippen LogP contribution in [0, 0.1) is 13.8 Å². The summed E-state index contributed by atoms with van der Waals surface area (Å²) in [5, 5.41) is 3.75. The molecule has 3 rings (SSSR count). The lowest BCUT2D eigenvalue weighted by molar-refractivity contribution is -0.00983.